The van der Waals surface area contributed by atoms with Crippen LogP contribution in [0, 0.1) is 0 Å². The predicted octanol–water partition coefficient (Wildman–Crippen LogP) is 2.12. The molecule has 2 rings (SSSR count). The van der Waals surface area contributed by atoms with Crippen LogP contribution in [0.4, 0.5) is 0 Å². The number of hydrogen-bond donors (Lipinski definition) is 1. The van der Waals surface area contributed by atoms with E-state index in [1.807, 2.05) is 17.9 Å². The molecule has 0 aromatic carbocycles. The van der Waals surface area contributed by atoms with E-state index >= 15 is 0 Å². The van der Waals surface area contributed by atoms with Crippen molar-refractivity contribution in [1.82, 2.24) is 15.1 Å². The second kappa shape index (κ2) is 6.35. The third kappa shape index (κ3) is 2.72. The van der Waals surface area contributed by atoms with Crippen LogP contribution < -0.4 is 5.32 Å². The fraction of sp³-hybridized carbons (Fsp3) is 0.769. The molecule has 0 amide bonds. The van der Waals surface area contributed by atoms with E-state index in [2.05, 4.69) is 33.3 Å². The standard InChI is InChI=1S/C13H22BrN3O2/c1-4-17-11(10(14)9-16-17)12(15-2)13(18-3)5-7-19-8-6-13/h9,12,15H,4-8H2,1-3H3. The highest BCUT2D eigenvalue weighted by atomic mass is 79.9. The van der Waals surface area contributed by atoms with Gasteiger partial charge in [-0.15, -0.1) is 0 Å². The number of nitrogens with one attached hydrogen (secondary N) is 1. The maximum Gasteiger partial charge on any atom is 0.0931 e. The first-order chi connectivity index (χ1) is 9.18. The molecule has 1 N–H and O–H groups in total. The van der Waals surface area contributed by atoms with Crippen molar-refractivity contribution in [3.8, 4) is 0 Å². The average Bonchev–Trinajstić information content (AvgIpc) is 2.82. The van der Waals surface area contributed by atoms with Crippen LogP contribution in [0.2, 0.25) is 0 Å². The molecule has 0 saturated carbocycles. The molecule has 1 aromatic rings. The molecule has 0 radical (unpaired) electrons. The second-order valence-electron chi connectivity index (χ2n) is 4.80. The molecule has 1 atom stereocenters. The number of aryl methyl sites for hydroxylation is 1. The van der Waals surface area contributed by atoms with Gasteiger partial charge in [-0.3, -0.25) is 4.68 Å². The van der Waals surface area contributed by atoms with Crippen molar-refractivity contribution < 1.29 is 9.47 Å². The van der Waals surface area contributed by atoms with Gasteiger partial charge in [0.1, 0.15) is 0 Å². The van der Waals surface area contributed by atoms with E-state index in [-0.39, 0.29) is 11.6 Å². The monoisotopic (exact) mass is 331 g/mol. The van der Waals surface area contributed by atoms with E-state index in [1.165, 1.54) is 0 Å². The number of ether oxygens (including phenoxy) is 2. The van der Waals surface area contributed by atoms with Gasteiger partial charge >= 0.3 is 0 Å². The van der Waals surface area contributed by atoms with E-state index in [0.29, 0.717) is 0 Å². The Balaban J connectivity index is 2.39. The van der Waals surface area contributed by atoms with E-state index < -0.39 is 0 Å². The van der Waals surface area contributed by atoms with Gasteiger partial charge in [0.2, 0.25) is 0 Å². The van der Waals surface area contributed by atoms with Crippen LogP contribution in [0.3, 0.4) is 0 Å². The van der Waals surface area contributed by atoms with Crippen molar-refractivity contribution in [2.75, 3.05) is 27.4 Å². The van der Waals surface area contributed by atoms with Gasteiger partial charge in [-0.25, -0.2) is 0 Å². The molecule has 2 heterocycles. The molecule has 5 nitrogen and oxygen atoms in total. The fourth-order valence-electron chi connectivity index (χ4n) is 2.89. The van der Waals surface area contributed by atoms with Crippen molar-refractivity contribution in [2.24, 2.45) is 0 Å². The maximum atomic E-state index is 5.91. The highest BCUT2D eigenvalue weighted by Crippen LogP contribution is 2.39. The first-order valence-electron chi connectivity index (χ1n) is 6.70. The van der Waals surface area contributed by atoms with Gasteiger partial charge < -0.3 is 14.8 Å². The smallest absolute Gasteiger partial charge is 0.0931 e. The summed E-state index contributed by atoms with van der Waals surface area (Å²) < 4.78 is 14.4. The van der Waals surface area contributed by atoms with Gasteiger partial charge in [0.05, 0.1) is 28.0 Å². The summed E-state index contributed by atoms with van der Waals surface area (Å²) in [6.45, 7) is 4.42. The summed E-state index contributed by atoms with van der Waals surface area (Å²) in [5.41, 5.74) is 0.913. The fourth-order valence-corrected chi connectivity index (χ4v) is 3.41. The zero-order valence-corrected chi connectivity index (χ0v) is 13.4. The lowest BCUT2D eigenvalue weighted by Crippen LogP contribution is -2.49. The van der Waals surface area contributed by atoms with Gasteiger partial charge in [-0.05, 0) is 29.9 Å². The first kappa shape index (κ1) is 15.0. The first-order valence-corrected chi connectivity index (χ1v) is 7.49. The number of methoxy groups -OCH3 is 1. The highest BCUT2D eigenvalue weighted by Gasteiger charge is 2.43. The Morgan fingerprint density at radius 2 is 2.26 bits per heavy atom. The van der Waals surface area contributed by atoms with Crippen LogP contribution in [-0.4, -0.2) is 42.8 Å². The van der Waals surface area contributed by atoms with Crippen LogP contribution in [0.25, 0.3) is 0 Å². The molecule has 0 aliphatic carbocycles. The topological polar surface area (TPSA) is 48.3 Å². The normalized spacial score (nSPS) is 20.4. The van der Waals surface area contributed by atoms with Gasteiger partial charge in [0.15, 0.2) is 0 Å². The van der Waals surface area contributed by atoms with Crippen LogP contribution in [-0.2, 0) is 16.0 Å². The van der Waals surface area contributed by atoms with Crippen LogP contribution in [0.5, 0.6) is 0 Å². The third-order valence-corrected chi connectivity index (χ3v) is 4.58. The number of nitrogens with zero attached hydrogens (tertiary/aromatic N) is 2. The molecular formula is C13H22BrN3O2. The predicted molar refractivity (Wildman–Crippen MR) is 77.2 cm³/mol. The minimum Gasteiger partial charge on any atom is -0.381 e. The van der Waals surface area contributed by atoms with E-state index in [4.69, 9.17) is 9.47 Å². The number of hydrogen-bond acceptors (Lipinski definition) is 4. The summed E-state index contributed by atoms with van der Waals surface area (Å²) in [6, 6.07) is 0.0956. The minimum atomic E-state index is -0.234. The van der Waals surface area contributed by atoms with Crippen molar-refractivity contribution in [2.45, 2.75) is 38.0 Å². The summed E-state index contributed by atoms with van der Waals surface area (Å²) in [5, 5.41) is 7.82. The lowest BCUT2D eigenvalue weighted by molar-refractivity contribution is -0.112. The summed E-state index contributed by atoms with van der Waals surface area (Å²) in [5.74, 6) is 0. The molecule has 1 fully saturated rings. The Kier molecular flexibility index (Phi) is 5.00. The number of rotatable bonds is 5. The number of aromatic nitrogens is 2. The van der Waals surface area contributed by atoms with Crippen LogP contribution >= 0.6 is 15.9 Å². The molecule has 0 bridgehead atoms. The highest BCUT2D eigenvalue weighted by molar-refractivity contribution is 9.10. The molecule has 6 heteroatoms. The lowest BCUT2D eigenvalue weighted by atomic mass is 9.84. The Bertz CT molecular complexity index is 416. The van der Waals surface area contributed by atoms with Crippen molar-refractivity contribution in [1.29, 1.82) is 0 Å². The Morgan fingerprint density at radius 1 is 1.58 bits per heavy atom. The van der Waals surface area contributed by atoms with Crippen molar-refractivity contribution in [3.63, 3.8) is 0 Å². The molecule has 108 valence electrons. The molecule has 0 spiro atoms. The SMILES string of the molecule is CCn1ncc(Br)c1C(NC)C1(OC)CCOCC1. The molecule has 1 aromatic heterocycles. The Morgan fingerprint density at radius 3 is 2.79 bits per heavy atom. The van der Waals surface area contributed by atoms with Gasteiger partial charge in [-0.1, -0.05) is 0 Å². The zero-order chi connectivity index (χ0) is 13.9. The summed E-state index contributed by atoms with van der Waals surface area (Å²) in [4.78, 5) is 0. The quantitative estimate of drug-likeness (QED) is 0.897. The average molecular weight is 332 g/mol. The summed E-state index contributed by atoms with van der Waals surface area (Å²) in [7, 11) is 3.76. The van der Waals surface area contributed by atoms with Gasteiger partial charge in [-0.2, -0.15) is 5.10 Å². The van der Waals surface area contributed by atoms with E-state index in [9.17, 15) is 0 Å². The van der Waals surface area contributed by atoms with Gasteiger partial charge in [0, 0.05) is 39.7 Å². The molecule has 1 unspecified atom stereocenters. The minimum absolute atomic E-state index is 0.0956. The molecular weight excluding hydrogens is 310 g/mol. The van der Waals surface area contributed by atoms with Gasteiger partial charge in [0.25, 0.3) is 0 Å². The van der Waals surface area contributed by atoms with E-state index in [0.717, 1.165) is 42.8 Å². The van der Waals surface area contributed by atoms with Crippen LogP contribution in [0.15, 0.2) is 10.7 Å². The molecule has 19 heavy (non-hydrogen) atoms. The number of likely N-dealkylation sites (N-methyl/N-ethyl adjacent to an activating group) is 1. The Labute approximate surface area is 122 Å². The molecule has 1 aliphatic heterocycles. The maximum absolute atomic E-state index is 5.91. The second-order valence-corrected chi connectivity index (χ2v) is 5.65. The molecule has 1 aliphatic rings. The van der Waals surface area contributed by atoms with Crippen molar-refractivity contribution >= 4 is 15.9 Å². The third-order valence-electron chi connectivity index (χ3n) is 3.97. The van der Waals surface area contributed by atoms with Crippen LogP contribution in [0.1, 0.15) is 31.5 Å². The Hall–Kier alpha value is -0.430. The molecule has 1 saturated heterocycles. The summed E-state index contributed by atoms with van der Waals surface area (Å²) >= 11 is 3.61. The lowest BCUT2D eigenvalue weighted by Gasteiger charge is -2.42. The zero-order valence-electron chi connectivity index (χ0n) is 11.8. The number of halogens is 1. The largest absolute Gasteiger partial charge is 0.381 e. The summed E-state index contributed by atoms with van der Waals surface area (Å²) in [6.07, 6.45) is 3.62. The van der Waals surface area contributed by atoms with Crippen molar-refractivity contribution in [3.05, 3.63) is 16.4 Å². The van der Waals surface area contributed by atoms with E-state index in [1.54, 1.807) is 7.11 Å².